The van der Waals surface area contributed by atoms with Gasteiger partial charge in [-0.2, -0.15) is 0 Å². The molecule has 1 atom stereocenters. The number of hydrogen-bond donors (Lipinski definition) is 1. The molecule has 3 nitrogen and oxygen atoms in total. The Morgan fingerprint density at radius 2 is 1.60 bits per heavy atom. The van der Waals surface area contributed by atoms with Gasteiger partial charge in [0.2, 0.25) is 0 Å². The molecule has 0 saturated carbocycles. The molecular weight excluding hydrogens is 259 g/mol. The summed E-state index contributed by atoms with van der Waals surface area (Å²) in [5.74, 6) is 0.873. The van der Waals surface area contributed by atoms with Crippen LogP contribution in [0.5, 0.6) is 11.5 Å². The lowest BCUT2D eigenvalue weighted by Crippen LogP contribution is -2.03. The first-order chi connectivity index (χ1) is 9.55. The minimum absolute atomic E-state index is 0.318. The molecule has 0 bridgehead atoms. The standard InChI is InChI=1S/C16H17FO3/c1-10-6-12(17)4-5-15(10)16(18)11-7-13(19-2)9-14(8-11)20-3/h4-9,16,18H,1-3H3. The van der Waals surface area contributed by atoms with E-state index in [9.17, 15) is 9.50 Å². The monoisotopic (exact) mass is 276 g/mol. The quantitative estimate of drug-likeness (QED) is 0.931. The molecular formula is C16H17FO3. The summed E-state index contributed by atoms with van der Waals surface area (Å²) >= 11 is 0. The number of rotatable bonds is 4. The molecule has 2 aromatic carbocycles. The van der Waals surface area contributed by atoms with Gasteiger partial charge in [0, 0.05) is 6.07 Å². The molecule has 0 spiro atoms. The van der Waals surface area contributed by atoms with Gasteiger partial charge in [-0.3, -0.25) is 0 Å². The van der Waals surface area contributed by atoms with Gasteiger partial charge < -0.3 is 14.6 Å². The van der Waals surface area contributed by atoms with Crippen LogP contribution in [0.1, 0.15) is 22.8 Å². The number of benzene rings is 2. The van der Waals surface area contributed by atoms with Crippen molar-refractivity contribution < 1.29 is 19.0 Å². The highest BCUT2D eigenvalue weighted by Gasteiger charge is 2.15. The van der Waals surface area contributed by atoms with E-state index in [-0.39, 0.29) is 5.82 Å². The molecule has 0 aliphatic carbocycles. The van der Waals surface area contributed by atoms with Crippen LogP contribution in [0.25, 0.3) is 0 Å². The Hall–Kier alpha value is -2.07. The van der Waals surface area contributed by atoms with Crippen LogP contribution < -0.4 is 9.47 Å². The molecule has 0 aromatic heterocycles. The maximum atomic E-state index is 13.1. The van der Waals surface area contributed by atoms with Crippen molar-refractivity contribution in [3.8, 4) is 11.5 Å². The van der Waals surface area contributed by atoms with Crippen molar-refractivity contribution in [3.05, 3.63) is 58.9 Å². The van der Waals surface area contributed by atoms with Crippen LogP contribution >= 0.6 is 0 Å². The molecule has 0 aliphatic rings. The summed E-state index contributed by atoms with van der Waals surface area (Å²) in [5, 5.41) is 10.5. The Morgan fingerprint density at radius 3 is 2.10 bits per heavy atom. The van der Waals surface area contributed by atoms with E-state index >= 15 is 0 Å². The molecule has 0 heterocycles. The minimum atomic E-state index is -0.861. The van der Waals surface area contributed by atoms with Crippen LogP contribution in [0.4, 0.5) is 4.39 Å². The number of hydrogen-bond acceptors (Lipinski definition) is 3. The van der Waals surface area contributed by atoms with Crippen LogP contribution in [-0.4, -0.2) is 19.3 Å². The van der Waals surface area contributed by atoms with Crippen LogP contribution in [0, 0.1) is 12.7 Å². The topological polar surface area (TPSA) is 38.7 Å². The van der Waals surface area contributed by atoms with Crippen molar-refractivity contribution in [2.45, 2.75) is 13.0 Å². The summed E-state index contributed by atoms with van der Waals surface area (Å²) in [5.41, 5.74) is 1.98. The van der Waals surface area contributed by atoms with Crippen molar-refractivity contribution in [2.75, 3.05) is 14.2 Å². The van der Waals surface area contributed by atoms with E-state index < -0.39 is 6.10 Å². The van der Waals surface area contributed by atoms with Gasteiger partial charge in [0.15, 0.2) is 0 Å². The van der Waals surface area contributed by atoms with Crippen molar-refractivity contribution in [1.29, 1.82) is 0 Å². The number of ether oxygens (including phenoxy) is 2. The van der Waals surface area contributed by atoms with Crippen LogP contribution in [0.3, 0.4) is 0 Å². The fraction of sp³-hybridized carbons (Fsp3) is 0.250. The van der Waals surface area contributed by atoms with Gasteiger partial charge in [0.25, 0.3) is 0 Å². The number of halogens is 1. The molecule has 0 radical (unpaired) electrons. The van der Waals surface area contributed by atoms with Gasteiger partial charge in [0.05, 0.1) is 14.2 Å². The Morgan fingerprint density at radius 1 is 1.00 bits per heavy atom. The molecule has 0 fully saturated rings. The number of aliphatic hydroxyl groups is 1. The van der Waals surface area contributed by atoms with E-state index in [1.165, 1.54) is 12.1 Å². The predicted octanol–water partition coefficient (Wildman–Crippen LogP) is 3.23. The summed E-state index contributed by atoms with van der Waals surface area (Å²) in [4.78, 5) is 0. The summed E-state index contributed by atoms with van der Waals surface area (Å²) in [6, 6.07) is 9.51. The van der Waals surface area contributed by atoms with Gasteiger partial charge in [-0.25, -0.2) is 4.39 Å². The van der Waals surface area contributed by atoms with E-state index in [1.807, 2.05) is 0 Å². The highest BCUT2D eigenvalue weighted by atomic mass is 19.1. The SMILES string of the molecule is COc1cc(OC)cc(C(O)c2ccc(F)cc2C)c1. The molecule has 2 aromatic rings. The third-order valence-corrected chi connectivity index (χ3v) is 3.22. The summed E-state index contributed by atoms with van der Waals surface area (Å²) < 4.78 is 23.5. The average molecular weight is 276 g/mol. The Balaban J connectivity index is 2.44. The second-order valence-corrected chi connectivity index (χ2v) is 4.55. The number of aryl methyl sites for hydroxylation is 1. The number of methoxy groups -OCH3 is 2. The zero-order valence-corrected chi connectivity index (χ0v) is 11.7. The van der Waals surface area contributed by atoms with Gasteiger partial charge >= 0.3 is 0 Å². The first kappa shape index (κ1) is 14.3. The molecule has 0 saturated heterocycles. The lowest BCUT2D eigenvalue weighted by Gasteiger charge is -2.16. The third-order valence-electron chi connectivity index (χ3n) is 3.22. The normalized spacial score (nSPS) is 12.1. The largest absolute Gasteiger partial charge is 0.497 e. The lowest BCUT2D eigenvalue weighted by atomic mass is 9.97. The highest BCUT2D eigenvalue weighted by Crippen LogP contribution is 2.31. The van der Waals surface area contributed by atoms with Gasteiger partial charge in [0.1, 0.15) is 23.4 Å². The fourth-order valence-corrected chi connectivity index (χ4v) is 2.11. The zero-order valence-electron chi connectivity index (χ0n) is 11.7. The Bertz CT molecular complexity index is 588. The van der Waals surface area contributed by atoms with Crippen molar-refractivity contribution in [1.82, 2.24) is 0 Å². The fourth-order valence-electron chi connectivity index (χ4n) is 2.11. The summed E-state index contributed by atoms with van der Waals surface area (Å²) in [6.45, 7) is 1.76. The average Bonchev–Trinajstić information content (AvgIpc) is 2.46. The Labute approximate surface area is 117 Å². The maximum Gasteiger partial charge on any atom is 0.123 e. The van der Waals surface area contributed by atoms with Crippen LogP contribution in [0.2, 0.25) is 0 Å². The molecule has 2 rings (SSSR count). The van der Waals surface area contributed by atoms with Gasteiger partial charge in [-0.15, -0.1) is 0 Å². The zero-order chi connectivity index (χ0) is 14.7. The lowest BCUT2D eigenvalue weighted by molar-refractivity contribution is 0.218. The summed E-state index contributed by atoms with van der Waals surface area (Å²) in [7, 11) is 3.10. The van der Waals surface area contributed by atoms with Crippen molar-refractivity contribution in [2.24, 2.45) is 0 Å². The van der Waals surface area contributed by atoms with Crippen LogP contribution in [0.15, 0.2) is 36.4 Å². The van der Waals surface area contributed by atoms with E-state index in [2.05, 4.69) is 0 Å². The molecule has 20 heavy (non-hydrogen) atoms. The van der Waals surface area contributed by atoms with Crippen molar-refractivity contribution >= 4 is 0 Å². The number of aliphatic hydroxyl groups excluding tert-OH is 1. The molecule has 0 amide bonds. The van der Waals surface area contributed by atoms with Gasteiger partial charge in [-0.1, -0.05) is 6.07 Å². The second kappa shape index (κ2) is 5.92. The minimum Gasteiger partial charge on any atom is -0.497 e. The first-order valence-electron chi connectivity index (χ1n) is 6.22. The van der Waals surface area contributed by atoms with Crippen LogP contribution in [-0.2, 0) is 0 Å². The van der Waals surface area contributed by atoms with Gasteiger partial charge in [-0.05, 0) is 47.9 Å². The molecule has 0 aliphatic heterocycles. The molecule has 1 N–H and O–H groups in total. The van der Waals surface area contributed by atoms with Crippen molar-refractivity contribution in [3.63, 3.8) is 0 Å². The first-order valence-corrected chi connectivity index (χ1v) is 6.22. The second-order valence-electron chi connectivity index (χ2n) is 4.55. The molecule has 1 unspecified atom stereocenters. The van der Waals surface area contributed by atoms with E-state index in [4.69, 9.17) is 9.47 Å². The highest BCUT2D eigenvalue weighted by molar-refractivity contribution is 5.43. The summed E-state index contributed by atoms with van der Waals surface area (Å²) in [6.07, 6.45) is -0.861. The maximum absolute atomic E-state index is 13.1. The van der Waals surface area contributed by atoms with E-state index in [1.54, 1.807) is 45.4 Å². The predicted molar refractivity (Wildman–Crippen MR) is 74.7 cm³/mol. The molecule has 4 heteroatoms. The van der Waals surface area contributed by atoms with E-state index in [0.29, 0.717) is 28.2 Å². The molecule has 106 valence electrons. The third kappa shape index (κ3) is 2.91. The smallest absolute Gasteiger partial charge is 0.123 e. The Kier molecular flexibility index (Phi) is 4.25. The van der Waals surface area contributed by atoms with E-state index in [0.717, 1.165) is 0 Å².